The van der Waals surface area contributed by atoms with Crippen molar-refractivity contribution >= 4 is 11.5 Å². The molecule has 0 bridgehead atoms. The van der Waals surface area contributed by atoms with E-state index in [0.717, 1.165) is 24.9 Å². The Labute approximate surface area is 166 Å². The molecule has 0 saturated carbocycles. The fraction of sp³-hybridized carbons (Fsp3) is 0.409. The monoisotopic (exact) mass is 414 g/mol. The van der Waals surface area contributed by atoms with E-state index < -0.39 is 5.72 Å². The Balaban J connectivity index is 0.00000196. The van der Waals surface area contributed by atoms with Gasteiger partial charge in [0.25, 0.3) is 11.6 Å². The van der Waals surface area contributed by atoms with Crippen LogP contribution >= 0.6 is 0 Å². The van der Waals surface area contributed by atoms with Gasteiger partial charge in [-0.3, -0.25) is 0 Å². The number of amidine groups is 1. The van der Waals surface area contributed by atoms with E-state index in [1.807, 2.05) is 0 Å². The minimum atomic E-state index is -0.946. The first-order chi connectivity index (χ1) is 12.1. The molecule has 1 atom stereocenters. The second-order valence-corrected chi connectivity index (χ2v) is 7.48. The van der Waals surface area contributed by atoms with Crippen molar-refractivity contribution in [3.8, 4) is 0 Å². The number of hydrogen-bond acceptors (Lipinski definition) is 2. The molecule has 1 unspecified atom stereocenters. The molecular formula is C22H27BrN2O. The zero-order valence-corrected chi connectivity index (χ0v) is 17.2. The summed E-state index contributed by atoms with van der Waals surface area (Å²) in [5.41, 5.74) is 3.71. The zero-order valence-electron chi connectivity index (χ0n) is 15.6. The van der Waals surface area contributed by atoms with E-state index in [2.05, 4.69) is 71.9 Å². The SMILES string of the molecule is Cc1ccc(N2CC(O)(c3ccc(C)cc3)[N+]3=C2CCCCC3)cc1.[Br-]. The number of anilines is 1. The Bertz CT molecular complexity index is 798. The Morgan fingerprint density at radius 3 is 2.15 bits per heavy atom. The first-order valence-corrected chi connectivity index (χ1v) is 9.35. The van der Waals surface area contributed by atoms with Crippen LogP contribution in [0.3, 0.4) is 0 Å². The maximum atomic E-state index is 11.7. The molecule has 26 heavy (non-hydrogen) atoms. The predicted octanol–water partition coefficient (Wildman–Crippen LogP) is 0.958. The first kappa shape index (κ1) is 19.1. The Morgan fingerprint density at radius 2 is 1.50 bits per heavy atom. The second-order valence-electron chi connectivity index (χ2n) is 7.48. The van der Waals surface area contributed by atoms with Crippen LogP contribution in [0.15, 0.2) is 48.5 Å². The third-order valence-electron chi connectivity index (χ3n) is 5.59. The molecule has 0 aromatic heterocycles. The van der Waals surface area contributed by atoms with Crippen molar-refractivity contribution in [1.82, 2.24) is 0 Å². The van der Waals surface area contributed by atoms with Crippen molar-refractivity contribution in [3.05, 3.63) is 65.2 Å². The lowest BCUT2D eigenvalue weighted by Crippen LogP contribution is -3.00. The molecule has 1 N–H and O–H groups in total. The predicted molar refractivity (Wildman–Crippen MR) is 102 cm³/mol. The quantitative estimate of drug-likeness (QED) is 0.740. The molecule has 0 spiro atoms. The van der Waals surface area contributed by atoms with Gasteiger partial charge in [-0.15, -0.1) is 0 Å². The van der Waals surface area contributed by atoms with E-state index in [9.17, 15) is 5.11 Å². The molecule has 4 rings (SSSR count). The summed E-state index contributed by atoms with van der Waals surface area (Å²) in [4.78, 5) is 2.32. The number of aryl methyl sites for hydroxylation is 2. The molecule has 2 aromatic carbocycles. The summed E-state index contributed by atoms with van der Waals surface area (Å²) in [5.74, 6) is 1.27. The number of β-amino-alcohol motifs (C(OH)–C–C–N with tert-alkyl or cyclic N) is 1. The molecule has 0 radical (unpaired) electrons. The van der Waals surface area contributed by atoms with E-state index in [-0.39, 0.29) is 17.0 Å². The highest BCUT2D eigenvalue weighted by atomic mass is 79.9. The third kappa shape index (κ3) is 3.33. The topological polar surface area (TPSA) is 26.5 Å². The molecule has 138 valence electrons. The maximum Gasteiger partial charge on any atom is 0.271 e. The van der Waals surface area contributed by atoms with Crippen LogP contribution in [0.1, 0.15) is 42.4 Å². The molecule has 0 fully saturated rings. The van der Waals surface area contributed by atoms with Gasteiger partial charge in [0.05, 0.1) is 6.54 Å². The van der Waals surface area contributed by atoms with Gasteiger partial charge in [0, 0.05) is 12.0 Å². The Hall–Kier alpha value is -1.65. The van der Waals surface area contributed by atoms with E-state index in [4.69, 9.17) is 0 Å². The second kappa shape index (κ2) is 7.53. The van der Waals surface area contributed by atoms with Gasteiger partial charge < -0.3 is 22.1 Å². The molecule has 2 aliphatic heterocycles. The van der Waals surface area contributed by atoms with Crippen molar-refractivity contribution in [2.75, 3.05) is 18.0 Å². The Morgan fingerprint density at radius 1 is 0.885 bits per heavy atom. The summed E-state index contributed by atoms with van der Waals surface area (Å²) >= 11 is 0. The summed E-state index contributed by atoms with van der Waals surface area (Å²) in [5, 5.41) is 11.7. The van der Waals surface area contributed by atoms with Crippen LogP contribution in [0, 0.1) is 13.8 Å². The van der Waals surface area contributed by atoms with Crippen LogP contribution in [0.4, 0.5) is 5.69 Å². The fourth-order valence-corrected chi connectivity index (χ4v) is 4.10. The molecule has 2 heterocycles. The van der Waals surface area contributed by atoms with Crippen LogP contribution < -0.4 is 21.9 Å². The zero-order chi connectivity index (χ0) is 17.4. The minimum Gasteiger partial charge on any atom is -1.00 e. The maximum absolute atomic E-state index is 11.7. The van der Waals surface area contributed by atoms with Gasteiger partial charge in [-0.2, -0.15) is 0 Å². The number of halogens is 1. The summed E-state index contributed by atoms with van der Waals surface area (Å²) in [6.45, 7) is 5.71. The molecule has 3 nitrogen and oxygen atoms in total. The lowest BCUT2D eigenvalue weighted by molar-refractivity contribution is -0.658. The third-order valence-corrected chi connectivity index (χ3v) is 5.59. The summed E-state index contributed by atoms with van der Waals surface area (Å²) < 4.78 is 2.25. The van der Waals surface area contributed by atoms with Gasteiger partial charge in [-0.25, -0.2) is 9.48 Å². The summed E-state index contributed by atoms with van der Waals surface area (Å²) in [7, 11) is 0. The van der Waals surface area contributed by atoms with Crippen molar-refractivity contribution in [3.63, 3.8) is 0 Å². The molecule has 2 aromatic rings. The van der Waals surface area contributed by atoms with Crippen LogP contribution in [0.2, 0.25) is 0 Å². The van der Waals surface area contributed by atoms with Crippen LogP contribution in [0.5, 0.6) is 0 Å². The summed E-state index contributed by atoms with van der Waals surface area (Å²) in [6.07, 6.45) is 4.59. The largest absolute Gasteiger partial charge is 1.00 e. The highest BCUT2D eigenvalue weighted by molar-refractivity contribution is 5.95. The van der Waals surface area contributed by atoms with Gasteiger partial charge in [0.1, 0.15) is 5.69 Å². The number of benzene rings is 2. The lowest BCUT2D eigenvalue weighted by Gasteiger charge is -2.23. The normalized spacial score (nSPS) is 22.7. The molecule has 2 aliphatic rings. The van der Waals surface area contributed by atoms with Gasteiger partial charge in [-0.05, 0) is 45.2 Å². The number of rotatable bonds is 2. The Kier molecular flexibility index (Phi) is 5.54. The van der Waals surface area contributed by atoms with Gasteiger partial charge in [-0.1, -0.05) is 47.5 Å². The number of hydrogen-bond donors (Lipinski definition) is 1. The van der Waals surface area contributed by atoms with Crippen molar-refractivity contribution < 1.29 is 26.7 Å². The molecule has 0 amide bonds. The van der Waals surface area contributed by atoms with E-state index in [0.29, 0.717) is 6.54 Å². The van der Waals surface area contributed by atoms with Crippen LogP contribution in [-0.4, -0.2) is 28.6 Å². The van der Waals surface area contributed by atoms with E-state index in [1.54, 1.807) is 0 Å². The molecule has 4 heteroatoms. The van der Waals surface area contributed by atoms with Gasteiger partial charge >= 0.3 is 0 Å². The highest BCUT2D eigenvalue weighted by Gasteiger charge is 2.51. The highest BCUT2D eigenvalue weighted by Crippen LogP contribution is 2.35. The lowest BCUT2D eigenvalue weighted by atomic mass is 10.0. The standard InChI is InChI=1S/C22H27N2O.BrH/c1-17-7-11-19(12-8-17)22(25)16-23(20-13-9-18(2)10-14-20)21-6-4-3-5-15-24(21)22;/h7-14,25H,3-6,15-16H2,1-2H3;1H/q+1;/p-1. The van der Waals surface area contributed by atoms with E-state index >= 15 is 0 Å². The average molecular weight is 415 g/mol. The molecule has 0 saturated heterocycles. The number of aliphatic hydroxyl groups is 1. The van der Waals surface area contributed by atoms with Gasteiger partial charge in [0.2, 0.25) is 0 Å². The molecular weight excluding hydrogens is 388 g/mol. The summed E-state index contributed by atoms with van der Waals surface area (Å²) in [6, 6.07) is 17.0. The smallest absolute Gasteiger partial charge is 0.271 e. The van der Waals surface area contributed by atoms with Crippen LogP contribution in [0.25, 0.3) is 0 Å². The van der Waals surface area contributed by atoms with Crippen molar-refractivity contribution in [1.29, 1.82) is 0 Å². The average Bonchev–Trinajstić information content (AvgIpc) is 2.78. The first-order valence-electron chi connectivity index (χ1n) is 9.35. The van der Waals surface area contributed by atoms with Crippen molar-refractivity contribution in [2.45, 2.75) is 45.3 Å². The van der Waals surface area contributed by atoms with Crippen LogP contribution in [-0.2, 0) is 5.72 Å². The number of nitrogens with zero attached hydrogens (tertiary/aromatic N) is 2. The van der Waals surface area contributed by atoms with E-state index in [1.165, 1.54) is 35.5 Å². The fourth-order valence-electron chi connectivity index (χ4n) is 4.10. The van der Waals surface area contributed by atoms with Crippen molar-refractivity contribution in [2.24, 2.45) is 0 Å². The molecule has 0 aliphatic carbocycles. The minimum absolute atomic E-state index is 0. The van der Waals surface area contributed by atoms with Gasteiger partial charge in [0.15, 0.2) is 6.54 Å².